The van der Waals surface area contributed by atoms with Gasteiger partial charge in [-0.15, -0.1) is 27.7 Å². The summed E-state index contributed by atoms with van der Waals surface area (Å²) in [5.41, 5.74) is 16.7. The molecule has 4 unspecified atom stereocenters. The Morgan fingerprint density at radius 3 is 0.625 bits per heavy atom. The van der Waals surface area contributed by atoms with Crippen LogP contribution in [0.25, 0.3) is 0 Å². The molecule has 6 heteroatoms. The Morgan fingerprint density at radius 2 is 0.554 bits per heavy atom. The predicted octanol–water partition coefficient (Wildman–Crippen LogP) is 7.02. The van der Waals surface area contributed by atoms with Crippen molar-refractivity contribution in [3.63, 3.8) is 0 Å². The van der Waals surface area contributed by atoms with E-state index in [2.05, 4.69) is 209 Å². The van der Waals surface area contributed by atoms with Crippen LogP contribution in [0.3, 0.4) is 0 Å². The van der Waals surface area contributed by atoms with Gasteiger partial charge in [-0.25, -0.2) is 22.3 Å². The molecular weight excluding hydrogens is 910 g/mol. The maximum Gasteiger partial charge on any atom is -1.00 e. The van der Waals surface area contributed by atoms with Crippen LogP contribution in [0.15, 0.2) is 128 Å². The number of allylic oxidation sites excluding steroid dienone is 16. The molecule has 0 N–H and O–H groups in total. The first-order valence-corrected chi connectivity index (χ1v) is 30.8. The first-order valence-electron chi connectivity index (χ1n) is 19.4. The van der Waals surface area contributed by atoms with Crippen molar-refractivity contribution in [2.24, 2.45) is 23.7 Å². The third-order valence-corrected chi connectivity index (χ3v) is 18.0. The van der Waals surface area contributed by atoms with E-state index in [4.69, 9.17) is 0 Å². The molecule has 0 nitrogen and oxygen atoms in total. The van der Waals surface area contributed by atoms with Crippen LogP contribution < -0.4 is 35.2 Å². The SMILES string of the molecule is CC1=[C-]C(C)C(C)=C1C.CC1=[C-]C(C)C(C)=C1C.CC1=[C-]C(C)C(C)=C1C.CC1=[C-]C(C)C(C)=C1C.C[Si](=[Zr+2])c1ccccc1.C[Si](=[Zr+2])c1ccccc1.[Cl-].[Cl-]. The molecule has 2 aromatic rings. The summed E-state index contributed by atoms with van der Waals surface area (Å²) < 4.78 is 0. The maximum absolute atomic E-state index is 3.36. The Balaban J connectivity index is 0. The molecule has 0 spiro atoms. The molecular formula is C50H68Cl2Si2Zr2-2. The van der Waals surface area contributed by atoms with Crippen LogP contribution in [0.2, 0.25) is 13.1 Å². The molecule has 2 aromatic carbocycles. The third kappa shape index (κ3) is 19.0. The standard InChI is InChI=1S/4C9H13.2C7H8Si.2ClH.2Zr/c4*1-6-5-7(2)9(4)8(6)3;2*1-8-7-5-3-2-4-6-7;;;;/h4*6H,1-4H3;2*2-6H,1H3;2*1H;;/q4*-1;;;;;2*+2/p-2. The zero-order valence-corrected chi connectivity index (χ0v) is 46.3. The molecule has 0 aromatic heterocycles. The Kier molecular flexibility index (Phi) is 29.2. The Bertz CT molecular complexity index is 1640. The number of benzene rings is 2. The first-order chi connectivity index (χ1) is 25.1. The summed E-state index contributed by atoms with van der Waals surface area (Å²) >= 11 is 3.38. The number of hydrogen-bond donors (Lipinski definition) is 0. The van der Waals surface area contributed by atoms with Crippen LogP contribution >= 0.6 is 0 Å². The number of rotatable bonds is 2. The first kappa shape index (κ1) is 57.2. The van der Waals surface area contributed by atoms with Crippen LogP contribution in [-0.4, -0.2) is 10.9 Å². The van der Waals surface area contributed by atoms with Crippen molar-refractivity contribution in [2.45, 2.75) is 124 Å². The maximum atomic E-state index is 3.36. The van der Waals surface area contributed by atoms with Crippen molar-refractivity contribution >= 4 is 21.2 Å². The second-order valence-electron chi connectivity index (χ2n) is 15.2. The van der Waals surface area contributed by atoms with Gasteiger partial charge in [-0.3, -0.25) is 24.3 Å². The molecule has 0 bridgehead atoms. The molecule has 0 aliphatic heterocycles. The molecule has 4 aliphatic rings. The average Bonchev–Trinajstić information content (AvgIpc) is 3.70. The van der Waals surface area contributed by atoms with E-state index in [9.17, 15) is 0 Å². The van der Waals surface area contributed by atoms with Gasteiger partial charge in [0.15, 0.2) is 0 Å². The van der Waals surface area contributed by atoms with Gasteiger partial charge in [0.25, 0.3) is 0 Å². The summed E-state index contributed by atoms with van der Waals surface area (Å²) in [5.74, 6) is 2.24. The summed E-state index contributed by atoms with van der Waals surface area (Å²) in [6.45, 7) is 39.4. The summed E-state index contributed by atoms with van der Waals surface area (Å²) in [6.07, 6.45) is 13.4. The van der Waals surface area contributed by atoms with Gasteiger partial charge < -0.3 is 24.8 Å². The molecule has 4 atom stereocenters. The summed E-state index contributed by atoms with van der Waals surface area (Å²) in [5, 5.41) is 3.11. The van der Waals surface area contributed by atoms with Crippen LogP contribution in [0.5, 0.6) is 0 Å². The molecule has 4 aliphatic carbocycles. The quantitative estimate of drug-likeness (QED) is 0.225. The molecule has 0 heterocycles. The van der Waals surface area contributed by atoms with E-state index in [1.165, 1.54) is 66.9 Å². The molecule has 0 saturated carbocycles. The van der Waals surface area contributed by atoms with Crippen molar-refractivity contribution in [1.82, 2.24) is 0 Å². The van der Waals surface area contributed by atoms with Gasteiger partial charge in [0.1, 0.15) is 0 Å². The van der Waals surface area contributed by atoms with Crippen LogP contribution in [0.4, 0.5) is 0 Å². The van der Waals surface area contributed by atoms with E-state index in [1.54, 1.807) is 57.0 Å². The minimum Gasteiger partial charge on any atom is -1.00 e. The van der Waals surface area contributed by atoms with Crippen molar-refractivity contribution in [1.29, 1.82) is 0 Å². The van der Waals surface area contributed by atoms with E-state index < -0.39 is 0 Å². The van der Waals surface area contributed by atoms with E-state index in [0.29, 0.717) is 23.7 Å². The fourth-order valence-corrected chi connectivity index (χ4v) is 9.87. The molecule has 0 amide bonds. The van der Waals surface area contributed by atoms with E-state index in [1.807, 2.05) is 0 Å². The Hall–Kier alpha value is -0.860. The van der Waals surface area contributed by atoms with Crippen molar-refractivity contribution < 1.29 is 71.5 Å². The minimum absolute atomic E-state index is 0. The predicted molar refractivity (Wildman–Crippen MR) is 235 cm³/mol. The van der Waals surface area contributed by atoms with Gasteiger partial charge >= 0.3 is 142 Å². The second-order valence-corrected chi connectivity index (χ2v) is 29.9. The monoisotopic (exact) mass is 974 g/mol. The average molecular weight is 979 g/mol. The molecule has 300 valence electrons. The summed E-state index contributed by atoms with van der Waals surface area (Å²) in [6, 6.07) is 21.5. The summed E-state index contributed by atoms with van der Waals surface area (Å²) in [4.78, 5) is 0. The van der Waals surface area contributed by atoms with E-state index in [-0.39, 0.29) is 35.7 Å². The molecule has 6 rings (SSSR count). The van der Waals surface area contributed by atoms with E-state index >= 15 is 0 Å². The second kappa shape index (κ2) is 28.6. The smallest absolute Gasteiger partial charge is 1.00 e. The fourth-order valence-electron chi connectivity index (χ4n) is 6.02. The topological polar surface area (TPSA) is 0 Å². The number of halogens is 2. The molecule has 0 radical (unpaired) electrons. The summed E-state index contributed by atoms with van der Waals surface area (Å²) in [7, 11) is 0. The zero-order valence-electron chi connectivity index (χ0n) is 37.8. The minimum atomic E-state index is -0.122. The normalized spacial score (nSPS) is 20.4. The van der Waals surface area contributed by atoms with Gasteiger partial charge in [0, 0.05) is 0 Å². The molecule has 56 heavy (non-hydrogen) atoms. The third-order valence-electron chi connectivity index (χ3n) is 11.4. The molecule has 0 saturated heterocycles. The van der Waals surface area contributed by atoms with Gasteiger partial charge in [-0.2, -0.15) is 44.6 Å². The fraction of sp³-hybridized carbons (Fsp3) is 0.440. The Morgan fingerprint density at radius 1 is 0.375 bits per heavy atom. The van der Waals surface area contributed by atoms with Gasteiger partial charge in [-0.05, 0) is 0 Å². The van der Waals surface area contributed by atoms with Gasteiger partial charge in [0.2, 0.25) is 0 Å². The van der Waals surface area contributed by atoms with Crippen LogP contribution in [0, 0.1) is 48.0 Å². The van der Waals surface area contributed by atoms with Gasteiger partial charge in [-0.1, -0.05) is 107 Å². The number of hydrogen-bond acceptors (Lipinski definition) is 0. The van der Waals surface area contributed by atoms with E-state index in [0.717, 1.165) is 0 Å². The van der Waals surface area contributed by atoms with Gasteiger partial charge in [0.05, 0.1) is 0 Å². The van der Waals surface area contributed by atoms with Crippen LogP contribution in [0.1, 0.15) is 111 Å². The van der Waals surface area contributed by atoms with Crippen molar-refractivity contribution in [3.05, 3.63) is 152 Å². The zero-order chi connectivity index (χ0) is 41.4. The van der Waals surface area contributed by atoms with Crippen molar-refractivity contribution in [3.8, 4) is 0 Å². The van der Waals surface area contributed by atoms with Crippen molar-refractivity contribution in [2.75, 3.05) is 0 Å². The largest absolute Gasteiger partial charge is 1.00 e. The molecule has 0 fully saturated rings. The Labute approximate surface area is 388 Å². The van der Waals surface area contributed by atoms with Crippen LogP contribution in [-0.2, 0) is 46.7 Å².